The number of nitrogens with zero attached hydrogens (tertiary/aromatic N) is 2. The standard InChI is InChI=1S/C11H16F2N2O2/c1-10(2,3)17-9(16)15-7-11(12,13)5-8(15)6-14-4/h8H,5-7H2,1-3H3/t8-/m0/s1. The third kappa shape index (κ3) is 3.84. The van der Waals surface area contributed by atoms with Gasteiger partial charge in [-0.2, -0.15) is 0 Å². The molecule has 4 nitrogen and oxygen atoms in total. The predicted molar refractivity (Wildman–Crippen MR) is 57.8 cm³/mol. The van der Waals surface area contributed by atoms with Gasteiger partial charge in [-0.15, -0.1) is 0 Å². The zero-order valence-corrected chi connectivity index (χ0v) is 10.2. The number of alkyl halides is 2. The van der Waals surface area contributed by atoms with Crippen LogP contribution in [0.5, 0.6) is 0 Å². The Morgan fingerprint density at radius 2 is 2.18 bits per heavy atom. The van der Waals surface area contributed by atoms with Crippen molar-refractivity contribution in [3.63, 3.8) is 0 Å². The van der Waals surface area contributed by atoms with E-state index >= 15 is 0 Å². The molecule has 0 spiro atoms. The maximum absolute atomic E-state index is 13.2. The van der Waals surface area contributed by atoms with Gasteiger partial charge in [0, 0.05) is 6.42 Å². The van der Waals surface area contributed by atoms with Crippen molar-refractivity contribution in [3.05, 3.63) is 11.4 Å². The lowest BCUT2D eigenvalue weighted by Crippen LogP contribution is -2.41. The molecule has 1 atom stereocenters. The van der Waals surface area contributed by atoms with Crippen LogP contribution in [-0.4, -0.2) is 41.6 Å². The molecule has 1 rings (SSSR count). The van der Waals surface area contributed by atoms with E-state index in [1.165, 1.54) is 0 Å². The zero-order chi connectivity index (χ0) is 13.3. The molecule has 0 aliphatic carbocycles. The predicted octanol–water partition coefficient (Wildman–Crippen LogP) is 2.55. The van der Waals surface area contributed by atoms with Gasteiger partial charge in [-0.05, 0) is 20.8 Å². The number of hydrogen-bond acceptors (Lipinski definition) is 2. The van der Waals surface area contributed by atoms with Gasteiger partial charge in [-0.25, -0.2) is 20.1 Å². The molecule has 0 unspecified atom stereocenters. The molecule has 1 amide bonds. The highest BCUT2D eigenvalue weighted by Gasteiger charge is 2.49. The molecule has 6 heteroatoms. The van der Waals surface area contributed by atoms with Gasteiger partial charge in [0.15, 0.2) is 0 Å². The van der Waals surface area contributed by atoms with Crippen LogP contribution in [0.3, 0.4) is 0 Å². The molecule has 1 saturated heterocycles. The van der Waals surface area contributed by atoms with Crippen LogP contribution in [-0.2, 0) is 4.74 Å². The summed E-state index contributed by atoms with van der Waals surface area (Å²) in [5.41, 5.74) is -0.725. The first-order valence-electron chi connectivity index (χ1n) is 5.35. The lowest BCUT2D eigenvalue weighted by molar-refractivity contribution is -0.00232. The quantitative estimate of drug-likeness (QED) is 0.666. The average molecular weight is 246 g/mol. The molecule has 0 N–H and O–H groups in total. The van der Waals surface area contributed by atoms with Crippen LogP contribution in [0.2, 0.25) is 0 Å². The average Bonchev–Trinajstić information content (AvgIpc) is 2.39. The fraction of sp³-hybridized carbons (Fsp3) is 0.818. The van der Waals surface area contributed by atoms with Crippen molar-refractivity contribution in [2.75, 3.05) is 13.1 Å². The number of ether oxygens (including phenoxy) is 1. The number of halogens is 2. The Labute approximate surface area is 99.4 Å². The minimum atomic E-state index is -2.92. The van der Waals surface area contributed by atoms with Gasteiger partial charge in [-0.3, -0.25) is 4.90 Å². The van der Waals surface area contributed by atoms with E-state index in [1.54, 1.807) is 20.8 Å². The van der Waals surface area contributed by atoms with E-state index in [0.717, 1.165) is 4.90 Å². The molecular weight excluding hydrogens is 230 g/mol. The van der Waals surface area contributed by atoms with E-state index in [0.29, 0.717) is 0 Å². The lowest BCUT2D eigenvalue weighted by Gasteiger charge is -2.26. The first-order valence-corrected chi connectivity index (χ1v) is 5.35. The topological polar surface area (TPSA) is 33.9 Å². The minimum Gasteiger partial charge on any atom is -0.444 e. The van der Waals surface area contributed by atoms with Crippen LogP contribution in [0, 0.1) is 6.57 Å². The summed E-state index contributed by atoms with van der Waals surface area (Å²) in [7, 11) is 0. The molecule has 1 fully saturated rings. The van der Waals surface area contributed by atoms with Gasteiger partial charge in [0.1, 0.15) is 11.6 Å². The van der Waals surface area contributed by atoms with Crippen molar-refractivity contribution in [2.45, 2.75) is 44.8 Å². The summed E-state index contributed by atoms with van der Waals surface area (Å²) < 4.78 is 31.5. The Bertz CT molecular complexity index is 344. The molecule has 1 aliphatic rings. The Morgan fingerprint density at radius 3 is 2.65 bits per heavy atom. The summed E-state index contributed by atoms with van der Waals surface area (Å²) in [4.78, 5) is 15.7. The second kappa shape index (κ2) is 4.47. The van der Waals surface area contributed by atoms with E-state index in [4.69, 9.17) is 11.3 Å². The second-order valence-corrected chi connectivity index (χ2v) is 5.16. The van der Waals surface area contributed by atoms with E-state index in [9.17, 15) is 13.6 Å². The van der Waals surface area contributed by atoms with Crippen LogP contribution < -0.4 is 0 Å². The molecule has 0 aromatic carbocycles. The molecule has 17 heavy (non-hydrogen) atoms. The first kappa shape index (κ1) is 13.7. The van der Waals surface area contributed by atoms with E-state index in [-0.39, 0.29) is 6.54 Å². The van der Waals surface area contributed by atoms with Crippen LogP contribution in [0.4, 0.5) is 13.6 Å². The second-order valence-electron chi connectivity index (χ2n) is 5.16. The van der Waals surface area contributed by atoms with Crippen molar-refractivity contribution < 1.29 is 18.3 Å². The van der Waals surface area contributed by atoms with Crippen molar-refractivity contribution in [1.82, 2.24) is 4.90 Å². The van der Waals surface area contributed by atoms with Crippen LogP contribution in [0.25, 0.3) is 4.85 Å². The largest absolute Gasteiger partial charge is 0.444 e. The van der Waals surface area contributed by atoms with E-state index < -0.39 is 36.6 Å². The summed E-state index contributed by atoms with van der Waals surface area (Å²) in [6.07, 6.45) is -1.24. The SMILES string of the molecule is [C-]#[N+]C[C@@H]1CC(F)(F)CN1C(=O)OC(C)(C)C. The van der Waals surface area contributed by atoms with Gasteiger partial charge in [0.2, 0.25) is 6.54 Å². The van der Waals surface area contributed by atoms with Crippen molar-refractivity contribution in [2.24, 2.45) is 0 Å². The lowest BCUT2D eigenvalue weighted by atomic mass is 10.2. The summed E-state index contributed by atoms with van der Waals surface area (Å²) in [6.45, 7) is 10.9. The number of carbonyl (C=O) groups excluding carboxylic acids is 1. The molecule has 1 heterocycles. The minimum absolute atomic E-state index is 0.116. The molecule has 1 aliphatic heterocycles. The zero-order valence-electron chi connectivity index (χ0n) is 10.2. The number of rotatable bonds is 1. The van der Waals surface area contributed by atoms with Crippen LogP contribution >= 0.6 is 0 Å². The summed E-state index contributed by atoms with van der Waals surface area (Å²) in [5.74, 6) is -2.92. The fourth-order valence-corrected chi connectivity index (χ4v) is 1.70. The number of hydrogen-bond donors (Lipinski definition) is 0. The van der Waals surface area contributed by atoms with Gasteiger partial charge in [0.05, 0.1) is 6.54 Å². The maximum atomic E-state index is 13.2. The van der Waals surface area contributed by atoms with Crippen molar-refractivity contribution in [1.29, 1.82) is 0 Å². The Kier molecular flexibility index (Phi) is 3.60. The number of likely N-dealkylation sites (tertiary alicyclic amines) is 1. The normalized spacial score (nSPS) is 23.3. The van der Waals surface area contributed by atoms with Gasteiger partial charge in [0.25, 0.3) is 5.92 Å². The third-order valence-electron chi connectivity index (χ3n) is 2.31. The molecule has 0 radical (unpaired) electrons. The fourth-order valence-electron chi connectivity index (χ4n) is 1.70. The Hall–Kier alpha value is -1.38. The molecular formula is C11H16F2N2O2. The summed E-state index contributed by atoms with van der Waals surface area (Å²) in [6, 6.07) is -0.752. The van der Waals surface area contributed by atoms with Gasteiger partial charge >= 0.3 is 6.09 Å². The highest BCUT2D eigenvalue weighted by atomic mass is 19.3. The highest BCUT2D eigenvalue weighted by Crippen LogP contribution is 2.33. The van der Waals surface area contributed by atoms with E-state index in [2.05, 4.69) is 4.85 Å². The van der Waals surface area contributed by atoms with Crippen LogP contribution in [0.15, 0.2) is 0 Å². The van der Waals surface area contributed by atoms with Crippen molar-refractivity contribution in [3.8, 4) is 0 Å². The third-order valence-corrected chi connectivity index (χ3v) is 2.31. The first-order chi connectivity index (χ1) is 7.64. The van der Waals surface area contributed by atoms with Gasteiger partial charge in [-0.1, -0.05) is 0 Å². The van der Waals surface area contributed by atoms with Crippen LogP contribution in [0.1, 0.15) is 27.2 Å². The highest BCUT2D eigenvalue weighted by molar-refractivity contribution is 5.69. The maximum Gasteiger partial charge on any atom is 0.411 e. The molecule has 0 bridgehead atoms. The number of amides is 1. The van der Waals surface area contributed by atoms with E-state index in [1.807, 2.05) is 0 Å². The Morgan fingerprint density at radius 1 is 1.59 bits per heavy atom. The van der Waals surface area contributed by atoms with Gasteiger partial charge < -0.3 is 9.58 Å². The Balaban J connectivity index is 2.74. The number of carbonyl (C=O) groups is 1. The molecule has 0 aromatic heterocycles. The summed E-state index contributed by atoms with van der Waals surface area (Å²) in [5, 5.41) is 0. The molecule has 0 saturated carbocycles. The molecule has 96 valence electrons. The smallest absolute Gasteiger partial charge is 0.411 e. The molecule has 0 aromatic rings. The summed E-state index contributed by atoms with van der Waals surface area (Å²) >= 11 is 0. The monoisotopic (exact) mass is 246 g/mol. The van der Waals surface area contributed by atoms with Crippen molar-refractivity contribution >= 4 is 6.09 Å².